The maximum Gasteiger partial charge on any atom is 0.308 e. The molecular formula is C21H34N4O3. The Bertz CT molecular complexity index is 655. The van der Waals surface area contributed by atoms with Crippen molar-refractivity contribution in [1.29, 1.82) is 0 Å². The van der Waals surface area contributed by atoms with Crippen molar-refractivity contribution in [2.45, 2.75) is 25.8 Å². The van der Waals surface area contributed by atoms with Crippen LogP contribution >= 0.6 is 0 Å². The van der Waals surface area contributed by atoms with Crippen LogP contribution < -0.4 is 10.1 Å². The average Bonchev–Trinajstić information content (AvgIpc) is 2.72. The third-order valence-corrected chi connectivity index (χ3v) is 5.18. The summed E-state index contributed by atoms with van der Waals surface area (Å²) in [5.74, 6) is 1.65. The fraction of sp³-hybridized carbons (Fsp3) is 0.619. The Morgan fingerprint density at radius 3 is 2.61 bits per heavy atom. The van der Waals surface area contributed by atoms with Crippen molar-refractivity contribution < 1.29 is 14.3 Å². The minimum absolute atomic E-state index is 0.00423. The summed E-state index contributed by atoms with van der Waals surface area (Å²) in [5.41, 5.74) is 1.17. The molecular weight excluding hydrogens is 356 g/mol. The Balaban J connectivity index is 2.10. The molecule has 0 bridgehead atoms. The van der Waals surface area contributed by atoms with Gasteiger partial charge in [-0.15, -0.1) is 0 Å². The second kappa shape index (κ2) is 10.9. The van der Waals surface area contributed by atoms with Gasteiger partial charge in [0.2, 0.25) is 0 Å². The molecule has 28 heavy (non-hydrogen) atoms. The lowest BCUT2D eigenvalue weighted by Gasteiger charge is -2.33. The highest BCUT2D eigenvalue weighted by Crippen LogP contribution is 2.23. The second-order valence-electron chi connectivity index (χ2n) is 7.24. The minimum atomic E-state index is -0.104. The molecule has 1 aliphatic rings. The summed E-state index contributed by atoms with van der Waals surface area (Å²) in [6, 6.07) is 8.29. The highest BCUT2D eigenvalue weighted by molar-refractivity contribution is 5.80. The number of hydrogen-bond donors (Lipinski definition) is 1. The number of piperidine rings is 1. The third kappa shape index (κ3) is 5.86. The molecule has 7 heteroatoms. The molecule has 0 aliphatic carbocycles. The van der Waals surface area contributed by atoms with Gasteiger partial charge in [-0.05, 0) is 51.6 Å². The quantitative estimate of drug-likeness (QED) is 0.437. The molecule has 156 valence electrons. The highest BCUT2D eigenvalue weighted by Gasteiger charge is 2.27. The predicted octanol–water partition coefficient (Wildman–Crippen LogP) is 2.15. The van der Waals surface area contributed by atoms with Gasteiger partial charge >= 0.3 is 5.97 Å². The Morgan fingerprint density at radius 1 is 1.32 bits per heavy atom. The van der Waals surface area contributed by atoms with Gasteiger partial charge < -0.3 is 24.6 Å². The van der Waals surface area contributed by atoms with Crippen molar-refractivity contribution in [3.8, 4) is 5.75 Å². The molecule has 1 saturated heterocycles. The largest absolute Gasteiger partial charge is 0.497 e. The standard InChI is InChI=1S/C21H34N4O3/c1-6-22-21(25-12-10-16(11-13-25)20(26)28-5)23-15-19(24(2)3)17-8-7-9-18(14-17)27-4/h7-9,14,16,19H,6,10-13,15H2,1-5H3,(H,22,23). The van der Waals surface area contributed by atoms with E-state index in [0.717, 1.165) is 44.2 Å². The lowest BCUT2D eigenvalue weighted by Crippen LogP contribution is -2.47. The molecule has 2 rings (SSSR count). The van der Waals surface area contributed by atoms with Gasteiger partial charge in [-0.3, -0.25) is 9.79 Å². The smallest absolute Gasteiger partial charge is 0.308 e. The first-order valence-corrected chi connectivity index (χ1v) is 9.91. The fourth-order valence-corrected chi connectivity index (χ4v) is 3.51. The summed E-state index contributed by atoms with van der Waals surface area (Å²) in [6.45, 7) is 5.12. The van der Waals surface area contributed by atoms with Gasteiger partial charge in [0, 0.05) is 19.6 Å². The van der Waals surface area contributed by atoms with E-state index in [4.69, 9.17) is 14.5 Å². The molecule has 1 N–H and O–H groups in total. The number of aliphatic imine (C=N–C) groups is 1. The van der Waals surface area contributed by atoms with Crippen LogP contribution in [0.25, 0.3) is 0 Å². The number of ether oxygens (including phenoxy) is 2. The Labute approximate surface area is 168 Å². The molecule has 0 spiro atoms. The maximum atomic E-state index is 11.8. The minimum Gasteiger partial charge on any atom is -0.497 e. The first kappa shape index (κ1) is 22.0. The molecule has 1 aromatic rings. The van der Waals surface area contributed by atoms with Crippen LogP contribution in [0.4, 0.5) is 0 Å². The summed E-state index contributed by atoms with van der Waals surface area (Å²) < 4.78 is 10.3. The van der Waals surface area contributed by atoms with Crippen LogP contribution in [-0.4, -0.2) is 76.2 Å². The van der Waals surface area contributed by atoms with Crippen molar-refractivity contribution in [2.24, 2.45) is 10.9 Å². The number of rotatable bonds is 7. The van der Waals surface area contributed by atoms with Crippen LogP contribution in [0.1, 0.15) is 31.4 Å². The topological polar surface area (TPSA) is 66.4 Å². The van der Waals surface area contributed by atoms with Gasteiger partial charge in [0.05, 0.1) is 32.7 Å². The Kier molecular flexibility index (Phi) is 8.57. The van der Waals surface area contributed by atoms with Gasteiger partial charge in [0.15, 0.2) is 5.96 Å². The molecule has 1 heterocycles. The summed E-state index contributed by atoms with van der Waals surface area (Å²) in [7, 11) is 7.27. The van der Waals surface area contributed by atoms with Gasteiger partial charge in [-0.25, -0.2) is 0 Å². The number of guanidine groups is 1. The van der Waals surface area contributed by atoms with Crippen LogP contribution in [-0.2, 0) is 9.53 Å². The SMILES string of the molecule is CCNC(=NCC(c1cccc(OC)c1)N(C)C)N1CCC(C(=O)OC)CC1. The van der Waals surface area contributed by atoms with Crippen LogP contribution in [0.3, 0.4) is 0 Å². The zero-order chi connectivity index (χ0) is 20.5. The van der Waals surface area contributed by atoms with E-state index in [1.807, 2.05) is 12.1 Å². The van der Waals surface area contributed by atoms with Gasteiger partial charge in [0.25, 0.3) is 0 Å². The lowest BCUT2D eigenvalue weighted by atomic mass is 9.97. The maximum absolute atomic E-state index is 11.8. The number of likely N-dealkylation sites (N-methyl/N-ethyl adjacent to an activating group) is 1. The van der Waals surface area contributed by atoms with Gasteiger partial charge in [0.1, 0.15) is 5.75 Å². The molecule has 0 amide bonds. The third-order valence-electron chi connectivity index (χ3n) is 5.18. The number of carbonyl (C=O) groups excluding carboxylic acids is 1. The van der Waals surface area contributed by atoms with E-state index < -0.39 is 0 Å². The molecule has 0 aromatic heterocycles. The number of nitrogens with one attached hydrogen (secondary N) is 1. The molecule has 1 fully saturated rings. The van der Waals surface area contributed by atoms with Crippen molar-refractivity contribution in [1.82, 2.24) is 15.1 Å². The lowest BCUT2D eigenvalue weighted by molar-refractivity contribution is -0.146. The van der Waals surface area contributed by atoms with E-state index in [0.29, 0.717) is 6.54 Å². The first-order valence-electron chi connectivity index (χ1n) is 9.91. The molecule has 1 atom stereocenters. The number of benzene rings is 1. The van der Waals surface area contributed by atoms with Crippen LogP contribution in [0.5, 0.6) is 5.75 Å². The summed E-state index contributed by atoms with van der Waals surface area (Å²) in [6.07, 6.45) is 1.59. The molecule has 1 aromatic carbocycles. The van der Waals surface area contributed by atoms with E-state index >= 15 is 0 Å². The van der Waals surface area contributed by atoms with E-state index in [9.17, 15) is 4.79 Å². The first-order chi connectivity index (χ1) is 13.5. The van der Waals surface area contributed by atoms with Crippen LogP contribution in [0, 0.1) is 5.92 Å². The summed E-state index contributed by atoms with van der Waals surface area (Å²) >= 11 is 0. The molecule has 0 radical (unpaired) electrons. The number of carbonyl (C=O) groups is 1. The Hall–Kier alpha value is -2.28. The van der Waals surface area contributed by atoms with Gasteiger partial charge in [-0.2, -0.15) is 0 Å². The summed E-state index contributed by atoms with van der Waals surface area (Å²) in [4.78, 5) is 21.1. The summed E-state index contributed by atoms with van der Waals surface area (Å²) in [5, 5.41) is 3.40. The average molecular weight is 391 g/mol. The van der Waals surface area contributed by atoms with Crippen molar-refractivity contribution >= 4 is 11.9 Å². The monoisotopic (exact) mass is 390 g/mol. The highest BCUT2D eigenvalue weighted by atomic mass is 16.5. The number of methoxy groups -OCH3 is 2. The van der Waals surface area contributed by atoms with E-state index in [-0.39, 0.29) is 17.9 Å². The number of nitrogens with zero attached hydrogens (tertiary/aromatic N) is 3. The van der Waals surface area contributed by atoms with Gasteiger partial charge in [-0.1, -0.05) is 12.1 Å². The second-order valence-corrected chi connectivity index (χ2v) is 7.24. The molecule has 1 aliphatic heterocycles. The molecule has 1 unspecified atom stereocenters. The van der Waals surface area contributed by atoms with E-state index in [1.54, 1.807) is 7.11 Å². The molecule has 7 nitrogen and oxygen atoms in total. The number of likely N-dealkylation sites (tertiary alicyclic amines) is 1. The number of hydrogen-bond acceptors (Lipinski definition) is 5. The zero-order valence-electron chi connectivity index (χ0n) is 17.8. The number of esters is 1. The zero-order valence-corrected chi connectivity index (χ0v) is 17.8. The van der Waals surface area contributed by atoms with Crippen molar-refractivity contribution in [3.05, 3.63) is 29.8 Å². The molecule has 0 saturated carbocycles. The fourth-order valence-electron chi connectivity index (χ4n) is 3.51. The van der Waals surface area contributed by atoms with E-state index in [2.05, 4.69) is 48.3 Å². The van der Waals surface area contributed by atoms with Crippen molar-refractivity contribution in [2.75, 3.05) is 54.5 Å². The predicted molar refractivity (Wildman–Crippen MR) is 112 cm³/mol. The Morgan fingerprint density at radius 2 is 2.04 bits per heavy atom. The van der Waals surface area contributed by atoms with Crippen LogP contribution in [0.2, 0.25) is 0 Å². The van der Waals surface area contributed by atoms with Crippen molar-refractivity contribution in [3.63, 3.8) is 0 Å². The normalized spacial score (nSPS) is 16.8. The van der Waals surface area contributed by atoms with E-state index in [1.165, 1.54) is 12.7 Å². The van der Waals surface area contributed by atoms with Crippen LogP contribution in [0.15, 0.2) is 29.3 Å².